The Morgan fingerprint density at radius 2 is 1.75 bits per heavy atom. The summed E-state index contributed by atoms with van der Waals surface area (Å²) in [5.41, 5.74) is 3.05. The fraction of sp³-hybridized carbons (Fsp3) is 0.391. The van der Waals surface area contributed by atoms with Crippen molar-refractivity contribution in [2.45, 2.75) is 31.6 Å². The summed E-state index contributed by atoms with van der Waals surface area (Å²) in [4.78, 5) is 21.8. The first kappa shape index (κ1) is 26.3. The summed E-state index contributed by atoms with van der Waals surface area (Å²) >= 11 is 1.47. The molecular weight excluding hydrogens is 466 g/mol. The first-order chi connectivity index (χ1) is 14.7. The van der Waals surface area contributed by atoms with Crippen LogP contribution in [0.4, 0.5) is 5.13 Å². The minimum absolute atomic E-state index is 0. The number of hydrogen-bond donors (Lipinski definition) is 0. The highest BCUT2D eigenvalue weighted by Gasteiger charge is 2.23. The summed E-state index contributed by atoms with van der Waals surface area (Å²) in [6, 6.07) is 12.8. The molecule has 0 aliphatic rings. The van der Waals surface area contributed by atoms with Crippen molar-refractivity contribution >= 4 is 54.8 Å². The van der Waals surface area contributed by atoms with Gasteiger partial charge in [-0.2, -0.15) is 0 Å². The first-order valence-electron chi connectivity index (χ1n) is 10.3. The number of thiazole rings is 1. The molecule has 1 heterocycles. The zero-order valence-electron chi connectivity index (χ0n) is 18.9. The molecule has 0 saturated carbocycles. The second kappa shape index (κ2) is 11.2. The molecule has 1 aromatic heterocycles. The Morgan fingerprint density at radius 1 is 1.06 bits per heavy atom. The van der Waals surface area contributed by atoms with Crippen LogP contribution in [0.2, 0.25) is 0 Å². The number of hydrogen-bond acceptors (Lipinski definition) is 6. The molecule has 0 fully saturated rings. The molecule has 3 rings (SSSR count). The van der Waals surface area contributed by atoms with Gasteiger partial charge in [0.1, 0.15) is 0 Å². The smallest absolute Gasteiger partial charge is 0.229 e. The minimum Gasteiger partial charge on any atom is -0.308 e. The number of amides is 1. The number of fused-ring (bicyclic) bond motifs is 1. The van der Waals surface area contributed by atoms with Gasteiger partial charge in [-0.25, -0.2) is 13.4 Å². The molecule has 0 unspecified atom stereocenters. The Morgan fingerprint density at radius 3 is 2.38 bits per heavy atom. The van der Waals surface area contributed by atoms with Gasteiger partial charge in [-0.3, -0.25) is 9.69 Å². The summed E-state index contributed by atoms with van der Waals surface area (Å²) in [5, 5.41) is 0.621. The van der Waals surface area contributed by atoms with Gasteiger partial charge in [0.05, 0.1) is 20.9 Å². The van der Waals surface area contributed by atoms with Crippen LogP contribution in [-0.4, -0.2) is 57.1 Å². The predicted molar refractivity (Wildman–Crippen MR) is 135 cm³/mol. The molecule has 1 amide bonds. The number of halogens is 1. The van der Waals surface area contributed by atoms with Crippen molar-refractivity contribution in [3.63, 3.8) is 0 Å². The topological polar surface area (TPSA) is 70.6 Å². The van der Waals surface area contributed by atoms with Crippen LogP contribution in [0.5, 0.6) is 0 Å². The van der Waals surface area contributed by atoms with E-state index in [1.165, 1.54) is 11.3 Å². The number of likely N-dealkylation sites (N-methyl/N-ethyl adjacent to an activating group) is 1. The maximum Gasteiger partial charge on any atom is 0.229 e. The molecule has 0 atom stereocenters. The number of aromatic nitrogens is 1. The standard InChI is InChI=1S/C23H29N3O3S2.ClH/c1-5-18-7-6-8-20-22(18)24-23(30-20)26(15-14-25(3)4)21(27)13-16-31(28,29)19-11-9-17(2)10-12-19;/h6-12H,5,13-16H2,1-4H3;1H. The van der Waals surface area contributed by atoms with E-state index in [0.29, 0.717) is 18.2 Å². The van der Waals surface area contributed by atoms with E-state index in [0.717, 1.165) is 27.8 Å². The minimum atomic E-state index is -3.53. The first-order valence-corrected chi connectivity index (χ1v) is 12.8. The number of para-hydroxylation sites is 1. The highest BCUT2D eigenvalue weighted by molar-refractivity contribution is 7.91. The number of anilines is 1. The van der Waals surface area contributed by atoms with Crippen molar-refractivity contribution in [3.8, 4) is 0 Å². The Kier molecular flexibility index (Phi) is 9.21. The number of carbonyl (C=O) groups is 1. The third-order valence-electron chi connectivity index (χ3n) is 5.14. The van der Waals surface area contributed by atoms with Crippen LogP contribution in [0.1, 0.15) is 24.5 Å². The normalized spacial score (nSPS) is 11.5. The Hall–Kier alpha value is -2.00. The van der Waals surface area contributed by atoms with Gasteiger partial charge in [-0.05, 0) is 51.2 Å². The van der Waals surface area contributed by atoms with E-state index in [-0.39, 0.29) is 35.4 Å². The summed E-state index contributed by atoms with van der Waals surface area (Å²) in [6.07, 6.45) is 0.779. The lowest BCUT2D eigenvalue weighted by Gasteiger charge is -2.22. The molecular formula is C23H30ClN3O3S2. The number of sulfone groups is 1. The number of benzene rings is 2. The summed E-state index contributed by atoms with van der Waals surface area (Å²) in [6.45, 7) is 5.11. The molecule has 3 aromatic rings. The predicted octanol–water partition coefficient (Wildman–Crippen LogP) is 4.35. The molecule has 0 spiro atoms. The lowest BCUT2D eigenvalue weighted by Crippen LogP contribution is -2.37. The van der Waals surface area contributed by atoms with E-state index in [1.807, 2.05) is 44.1 Å². The van der Waals surface area contributed by atoms with Crippen molar-refractivity contribution < 1.29 is 13.2 Å². The monoisotopic (exact) mass is 495 g/mol. The van der Waals surface area contributed by atoms with E-state index in [1.54, 1.807) is 29.2 Å². The lowest BCUT2D eigenvalue weighted by molar-refractivity contribution is -0.118. The van der Waals surface area contributed by atoms with Crippen molar-refractivity contribution in [3.05, 3.63) is 53.6 Å². The van der Waals surface area contributed by atoms with Crippen LogP contribution < -0.4 is 4.90 Å². The van der Waals surface area contributed by atoms with Gasteiger partial charge in [0.2, 0.25) is 5.91 Å². The van der Waals surface area contributed by atoms with E-state index in [9.17, 15) is 13.2 Å². The summed E-state index contributed by atoms with van der Waals surface area (Å²) in [7, 11) is 0.356. The van der Waals surface area contributed by atoms with E-state index < -0.39 is 9.84 Å². The number of rotatable bonds is 9. The van der Waals surface area contributed by atoms with Gasteiger partial charge in [-0.15, -0.1) is 12.4 Å². The second-order valence-electron chi connectivity index (χ2n) is 7.84. The Labute approximate surface area is 200 Å². The van der Waals surface area contributed by atoms with Crippen LogP contribution in [0.25, 0.3) is 10.2 Å². The lowest BCUT2D eigenvalue weighted by atomic mass is 10.1. The SMILES string of the molecule is CCc1cccc2sc(N(CCN(C)C)C(=O)CCS(=O)(=O)c3ccc(C)cc3)nc12.Cl. The maximum absolute atomic E-state index is 13.1. The quantitative estimate of drug-likeness (QED) is 0.441. The number of nitrogens with zero attached hydrogens (tertiary/aromatic N) is 3. The van der Waals surface area contributed by atoms with E-state index in [4.69, 9.17) is 4.98 Å². The molecule has 0 radical (unpaired) electrons. The Bertz CT molecular complexity index is 1160. The molecule has 0 saturated heterocycles. The van der Waals surface area contributed by atoms with Crippen LogP contribution >= 0.6 is 23.7 Å². The van der Waals surface area contributed by atoms with Crippen molar-refractivity contribution in [1.82, 2.24) is 9.88 Å². The fourth-order valence-electron chi connectivity index (χ4n) is 3.24. The highest BCUT2D eigenvalue weighted by atomic mass is 35.5. The average Bonchev–Trinajstić information content (AvgIpc) is 3.16. The van der Waals surface area contributed by atoms with Gasteiger partial charge >= 0.3 is 0 Å². The van der Waals surface area contributed by atoms with Gasteiger partial charge in [0, 0.05) is 19.5 Å². The van der Waals surface area contributed by atoms with Crippen molar-refractivity contribution in [2.75, 3.05) is 37.8 Å². The van der Waals surface area contributed by atoms with Gasteiger partial charge in [0.25, 0.3) is 0 Å². The van der Waals surface area contributed by atoms with Gasteiger partial charge in [-0.1, -0.05) is 48.1 Å². The summed E-state index contributed by atoms with van der Waals surface area (Å²) in [5.74, 6) is -0.451. The van der Waals surface area contributed by atoms with Crippen LogP contribution in [0.3, 0.4) is 0 Å². The molecule has 0 N–H and O–H groups in total. The highest BCUT2D eigenvalue weighted by Crippen LogP contribution is 2.31. The zero-order chi connectivity index (χ0) is 22.6. The molecule has 6 nitrogen and oxygen atoms in total. The molecule has 0 aliphatic carbocycles. The average molecular weight is 496 g/mol. The van der Waals surface area contributed by atoms with Crippen molar-refractivity contribution in [1.29, 1.82) is 0 Å². The molecule has 0 bridgehead atoms. The molecule has 2 aromatic carbocycles. The second-order valence-corrected chi connectivity index (χ2v) is 11.0. The molecule has 9 heteroatoms. The third-order valence-corrected chi connectivity index (χ3v) is 7.92. The van der Waals surface area contributed by atoms with Crippen LogP contribution in [-0.2, 0) is 21.1 Å². The fourth-order valence-corrected chi connectivity index (χ4v) is 5.53. The van der Waals surface area contributed by atoms with Gasteiger partial charge < -0.3 is 4.90 Å². The molecule has 32 heavy (non-hydrogen) atoms. The molecule has 174 valence electrons. The largest absolute Gasteiger partial charge is 0.308 e. The number of aryl methyl sites for hydroxylation is 2. The zero-order valence-corrected chi connectivity index (χ0v) is 21.3. The Balaban J connectivity index is 0.00000363. The van der Waals surface area contributed by atoms with Crippen LogP contribution in [0.15, 0.2) is 47.4 Å². The van der Waals surface area contributed by atoms with E-state index >= 15 is 0 Å². The summed E-state index contributed by atoms with van der Waals surface area (Å²) < 4.78 is 26.4. The van der Waals surface area contributed by atoms with Crippen molar-refractivity contribution in [2.24, 2.45) is 0 Å². The third kappa shape index (κ3) is 6.28. The number of carbonyl (C=O) groups excluding carboxylic acids is 1. The van der Waals surface area contributed by atoms with Crippen LogP contribution in [0, 0.1) is 6.92 Å². The van der Waals surface area contributed by atoms with Gasteiger partial charge in [0.15, 0.2) is 15.0 Å². The maximum atomic E-state index is 13.1. The molecule has 0 aliphatic heterocycles. The van der Waals surface area contributed by atoms with E-state index in [2.05, 4.69) is 6.92 Å².